The molecule has 0 heterocycles. The van der Waals surface area contributed by atoms with Gasteiger partial charge in [0.25, 0.3) is 11.6 Å². The van der Waals surface area contributed by atoms with E-state index in [0.717, 1.165) is 6.07 Å². The molecule has 0 radical (unpaired) electrons. The van der Waals surface area contributed by atoms with E-state index in [1.165, 1.54) is 12.1 Å². The lowest BCUT2D eigenvalue weighted by molar-refractivity contribution is -0.384. The summed E-state index contributed by atoms with van der Waals surface area (Å²) in [4.78, 5) is 22.3. The van der Waals surface area contributed by atoms with Crippen molar-refractivity contribution in [3.63, 3.8) is 0 Å². The van der Waals surface area contributed by atoms with Crippen LogP contribution >= 0.6 is 39.1 Å². The van der Waals surface area contributed by atoms with Crippen LogP contribution < -0.4 is 5.32 Å². The number of hydrogen-bond donors (Lipinski definition) is 1. The minimum Gasteiger partial charge on any atom is -0.321 e. The van der Waals surface area contributed by atoms with Gasteiger partial charge in [-0.15, -0.1) is 0 Å². The average Bonchev–Trinajstić information content (AvgIpc) is 2.44. The molecule has 108 valence electrons. The number of nitrogens with zero attached hydrogens (tertiary/aromatic N) is 1. The number of nitro benzene ring substituents is 1. The SMILES string of the molecule is O=C(Nc1cccc(Cl)c1Br)c1cc([N+](=O)[O-])ccc1Cl. The van der Waals surface area contributed by atoms with Crippen LogP contribution in [0.25, 0.3) is 0 Å². The largest absolute Gasteiger partial charge is 0.321 e. The summed E-state index contributed by atoms with van der Waals surface area (Å²) in [5.74, 6) is -0.563. The first kappa shape index (κ1) is 15.8. The molecule has 0 saturated carbocycles. The molecule has 21 heavy (non-hydrogen) atoms. The highest BCUT2D eigenvalue weighted by atomic mass is 79.9. The number of carbonyl (C=O) groups is 1. The van der Waals surface area contributed by atoms with Gasteiger partial charge in [-0.25, -0.2) is 0 Å². The highest BCUT2D eigenvalue weighted by molar-refractivity contribution is 9.10. The molecule has 0 unspecified atom stereocenters. The maximum absolute atomic E-state index is 12.2. The van der Waals surface area contributed by atoms with E-state index in [-0.39, 0.29) is 16.3 Å². The minimum absolute atomic E-state index is 0.0118. The van der Waals surface area contributed by atoms with Crippen LogP contribution in [0, 0.1) is 10.1 Å². The summed E-state index contributed by atoms with van der Waals surface area (Å²) in [6.07, 6.45) is 0. The maximum atomic E-state index is 12.2. The summed E-state index contributed by atoms with van der Waals surface area (Å²) in [5, 5.41) is 13.9. The van der Waals surface area contributed by atoms with E-state index in [1.807, 2.05) is 0 Å². The molecule has 0 aliphatic heterocycles. The van der Waals surface area contributed by atoms with E-state index in [9.17, 15) is 14.9 Å². The van der Waals surface area contributed by atoms with Gasteiger partial charge in [0.15, 0.2) is 0 Å². The molecule has 0 fully saturated rings. The number of nitro groups is 1. The van der Waals surface area contributed by atoms with E-state index in [2.05, 4.69) is 21.2 Å². The maximum Gasteiger partial charge on any atom is 0.270 e. The van der Waals surface area contributed by atoms with Crippen LogP contribution in [-0.2, 0) is 0 Å². The Bertz CT molecular complexity index is 737. The monoisotopic (exact) mass is 388 g/mol. The van der Waals surface area contributed by atoms with E-state index < -0.39 is 10.8 Å². The van der Waals surface area contributed by atoms with Gasteiger partial charge in [0.1, 0.15) is 0 Å². The number of halogens is 3. The zero-order valence-corrected chi connectivity index (χ0v) is 13.4. The van der Waals surface area contributed by atoms with Gasteiger partial charge >= 0.3 is 0 Å². The van der Waals surface area contributed by atoms with Crippen LogP contribution in [0.1, 0.15) is 10.4 Å². The van der Waals surface area contributed by atoms with Crippen LogP contribution in [0.4, 0.5) is 11.4 Å². The molecule has 5 nitrogen and oxygen atoms in total. The zero-order valence-electron chi connectivity index (χ0n) is 10.3. The third-order valence-corrected chi connectivity index (χ3v) is 4.33. The molecule has 0 aromatic heterocycles. The van der Waals surface area contributed by atoms with Crippen LogP contribution in [0.2, 0.25) is 10.0 Å². The van der Waals surface area contributed by atoms with Gasteiger partial charge in [-0.2, -0.15) is 0 Å². The van der Waals surface area contributed by atoms with Crippen molar-refractivity contribution in [1.29, 1.82) is 0 Å². The second kappa shape index (κ2) is 6.43. The summed E-state index contributed by atoms with van der Waals surface area (Å²) in [6, 6.07) is 8.62. The lowest BCUT2D eigenvalue weighted by Gasteiger charge is -2.09. The highest BCUT2D eigenvalue weighted by Gasteiger charge is 2.17. The number of hydrogen-bond acceptors (Lipinski definition) is 3. The third-order valence-electron chi connectivity index (χ3n) is 2.61. The number of amides is 1. The lowest BCUT2D eigenvalue weighted by Crippen LogP contribution is -2.13. The molecule has 2 aromatic carbocycles. The first-order chi connectivity index (χ1) is 9.90. The van der Waals surface area contributed by atoms with Gasteiger partial charge in [-0.05, 0) is 34.1 Å². The van der Waals surface area contributed by atoms with Crippen LogP contribution in [0.15, 0.2) is 40.9 Å². The Morgan fingerprint density at radius 2 is 1.90 bits per heavy atom. The normalized spacial score (nSPS) is 10.2. The summed E-state index contributed by atoms with van der Waals surface area (Å²) < 4.78 is 0.515. The second-order valence-corrected chi connectivity index (χ2v) is 5.58. The second-order valence-electron chi connectivity index (χ2n) is 3.98. The summed E-state index contributed by atoms with van der Waals surface area (Å²) in [7, 11) is 0. The first-order valence-corrected chi connectivity index (χ1v) is 7.14. The first-order valence-electron chi connectivity index (χ1n) is 5.59. The molecule has 0 saturated heterocycles. The Kier molecular flexibility index (Phi) is 4.82. The predicted molar refractivity (Wildman–Crippen MR) is 85.2 cm³/mol. The standard InChI is InChI=1S/C13H7BrCl2N2O3/c14-12-10(16)2-1-3-11(12)17-13(19)8-6-7(18(20)21)4-5-9(8)15/h1-6H,(H,17,19). The van der Waals surface area contributed by atoms with Gasteiger partial charge in [0, 0.05) is 12.1 Å². The number of anilines is 1. The number of benzene rings is 2. The van der Waals surface area contributed by atoms with Crippen molar-refractivity contribution in [3.8, 4) is 0 Å². The molecular weight excluding hydrogens is 383 g/mol. The van der Waals surface area contributed by atoms with Crippen molar-refractivity contribution in [3.05, 3.63) is 66.6 Å². The van der Waals surface area contributed by atoms with Crippen molar-refractivity contribution < 1.29 is 9.72 Å². The summed E-state index contributed by atoms with van der Waals surface area (Å²) in [5.41, 5.74) is 0.238. The Morgan fingerprint density at radius 1 is 1.19 bits per heavy atom. The van der Waals surface area contributed by atoms with Crippen molar-refractivity contribution >= 4 is 56.4 Å². The van der Waals surface area contributed by atoms with Gasteiger partial charge < -0.3 is 5.32 Å². The van der Waals surface area contributed by atoms with Crippen LogP contribution in [0.5, 0.6) is 0 Å². The van der Waals surface area contributed by atoms with Crippen molar-refractivity contribution in [2.24, 2.45) is 0 Å². The third kappa shape index (κ3) is 3.53. The Hall–Kier alpha value is -1.63. The van der Waals surface area contributed by atoms with Crippen molar-refractivity contribution in [2.45, 2.75) is 0 Å². The van der Waals surface area contributed by atoms with E-state index in [1.54, 1.807) is 18.2 Å². The van der Waals surface area contributed by atoms with Crippen LogP contribution in [-0.4, -0.2) is 10.8 Å². The topological polar surface area (TPSA) is 72.2 Å². The molecule has 0 spiro atoms. The lowest BCUT2D eigenvalue weighted by atomic mass is 10.2. The quantitative estimate of drug-likeness (QED) is 0.598. The van der Waals surface area contributed by atoms with E-state index in [0.29, 0.717) is 15.2 Å². The van der Waals surface area contributed by atoms with E-state index >= 15 is 0 Å². The molecule has 8 heteroatoms. The highest BCUT2D eigenvalue weighted by Crippen LogP contribution is 2.31. The molecule has 2 aromatic rings. The van der Waals surface area contributed by atoms with Gasteiger partial charge in [0.05, 0.1) is 30.7 Å². The molecule has 1 N–H and O–H groups in total. The predicted octanol–water partition coefficient (Wildman–Crippen LogP) is 4.92. The molecule has 2 rings (SSSR count). The fraction of sp³-hybridized carbons (Fsp3) is 0. The van der Waals surface area contributed by atoms with Crippen LogP contribution in [0.3, 0.4) is 0 Å². The fourth-order valence-corrected chi connectivity index (χ4v) is 2.33. The minimum atomic E-state index is -0.595. The van der Waals surface area contributed by atoms with Gasteiger partial charge in [-0.1, -0.05) is 29.3 Å². The Balaban J connectivity index is 2.34. The summed E-state index contributed by atoms with van der Waals surface area (Å²) >= 11 is 15.1. The fourth-order valence-electron chi connectivity index (χ4n) is 1.59. The van der Waals surface area contributed by atoms with Gasteiger partial charge in [-0.3, -0.25) is 14.9 Å². The van der Waals surface area contributed by atoms with E-state index in [4.69, 9.17) is 23.2 Å². The Morgan fingerprint density at radius 3 is 2.57 bits per heavy atom. The molecule has 0 atom stereocenters. The molecule has 1 amide bonds. The van der Waals surface area contributed by atoms with Crippen molar-refractivity contribution in [2.75, 3.05) is 5.32 Å². The number of rotatable bonds is 3. The smallest absolute Gasteiger partial charge is 0.270 e. The molecule has 0 aliphatic carbocycles. The molecule has 0 aliphatic rings. The number of carbonyl (C=O) groups excluding carboxylic acids is 1. The Labute approximate surface area is 138 Å². The zero-order chi connectivity index (χ0) is 15.6. The number of nitrogens with one attached hydrogen (secondary N) is 1. The number of non-ortho nitro benzene ring substituents is 1. The average molecular weight is 390 g/mol. The molecule has 0 bridgehead atoms. The van der Waals surface area contributed by atoms with Crippen molar-refractivity contribution in [1.82, 2.24) is 0 Å². The molecular formula is C13H7BrCl2N2O3. The van der Waals surface area contributed by atoms with Gasteiger partial charge in [0.2, 0.25) is 0 Å². The summed E-state index contributed by atoms with van der Waals surface area (Å²) in [6.45, 7) is 0.